The van der Waals surface area contributed by atoms with Gasteiger partial charge in [-0.1, -0.05) is 13.0 Å². The molecule has 0 fully saturated rings. The van der Waals surface area contributed by atoms with E-state index >= 15 is 0 Å². The quantitative estimate of drug-likeness (QED) is 0.876. The molecule has 20 heavy (non-hydrogen) atoms. The molecule has 1 N–H and O–H groups in total. The lowest BCUT2D eigenvalue weighted by molar-refractivity contribution is 0.405. The minimum atomic E-state index is 0.338. The largest absolute Gasteiger partial charge is 0.496 e. The van der Waals surface area contributed by atoms with Crippen LogP contribution in [0, 0.1) is 11.3 Å². The number of nitrogens with one attached hydrogen (secondary N) is 1. The van der Waals surface area contributed by atoms with Gasteiger partial charge in [0.1, 0.15) is 5.75 Å². The Bertz CT molecular complexity index is 587. The topological polar surface area (TPSA) is 45.0 Å². The van der Waals surface area contributed by atoms with Crippen molar-refractivity contribution in [3.8, 4) is 11.8 Å². The van der Waals surface area contributed by atoms with E-state index in [4.69, 9.17) is 10.00 Å². The van der Waals surface area contributed by atoms with Crippen LogP contribution in [-0.4, -0.2) is 7.11 Å². The number of hydrogen-bond acceptors (Lipinski definition) is 4. The molecule has 0 saturated heterocycles. The highest BCUT2D eigenvalue weighted by molar-refractivity contribution is 7.10. The summed E-state index contributed by atoms with van der Waals surface area (Å²) in [6.45, 7) is 2.86. The molecule has 1 heterocycles. The lowest BCUT2D eigenvalue weighted by atomic mass is 10.1. The van der Waals surface area contributed by atoms with Crippen LogP contribution in [0.15, 0.2) is 35.7 Å². The zero-order chi connectivity index (χ0) is 14.4. The van der Waals surface area contributed by atoms with E-state index in [1.165, 1.54) is 4.88 Å². The summed E-state index contributed by atoms with van der Waals surface area (Å²) in [7, 11) is 1.65. The van der Waals surface area contributed by atoms with Crippen molar-refractivity contribution in [2.45, 2.75) is 25.9 Å². The Labute approximate surface area is 123 Å². The number of nitrogens with zero attached hydrogens (tertiary/aromatic N) is 1. The van der Waals surface area contributed by atoms with E-state index in [9.17, 15) is 0 Å². The third-order valence-electron chi connectivity index (χ3n) is 3.24. The maximum Gasteiger partial charge on any atom is 0.123 e. The molecule has 2 aromatic rings. The molecule has 1 unspecified atom stereocenters. The Balaban J connectivity index is 2.11. The zero-order valence-electron chi connectivity index (χ0n) is 11.7. The number of ether oxygens (including phenoxy) is 1. The van der Waals surface area contributed by atoms with Gasteiger partial charge in [-0.2, -0.15) is 5.26 Å². The fourth-order valence-corrected chi connectivity index (χ4v) is 3.04. The van der Waals surface area contributed by atoms with E-state index in [0.29, 0.717) is 18.2 Å². The first-order valence-corrected chi connectivity index (χ1v) is 7.50. The average molecular weight is 286 g/mol. The molecule has 1 aromatic heterocycles. The van der Waals surface area contributed by atoms with Crippen LogP contribution in [-0.2, 0) is 6.54 Å². The molecule has 0 aliphatic carbocycles. The van der Waals surface area contributed by atoms with Gasteiger partial charge >= 0.3 is 0 Å². The predicted molar refractivity (Wildman–Crippen MR) is 81.9 cm³/mol. The molecule has 0 saturated carbocycles. The number of hydrogen-bond donors (Lipinski definition) is 1. The van der Waals surface area contributed by atoms with E-state index in [1.807, 2.05) is 12.1 Å². The molecular weight excluding hydrogens is 268 g/mol. The summed E-state index contributed by atoms with van der Waals surface area (Å²) >= 11 is 1.76. The lowest BCUT2D eigenvalue weighted by Gasteiger charge is -2.17. The summed E-state index contributed by atoms with van der Waals surface area (Å²) in [5, 5.41) is 14.6. The van der Waals surface area contributed by atoms with E-state index in [1.54, 1.807) is 24.5 Å². The third kappa shape index (κ3) is 3.38. The Morgan fingerprint density at radius 2 is 2.25 bits per heavy atom. The number of nitriles is 1. The van der Waals surface area contributed by atoms with Gasteiger partial charge in [0, 0.05) is 23.0 Å². The highest BCUT2D eigenvalue weighted by atomic mass is 32.1. The van der Waals surface area contributed by atoms with Crippen LogP contribution in [0.3, 0.4) is 0 Å². The van der Waals surface area contributed by atoms with Crippen LogP contribution in [0.5, 0.6) is 5.75 Å². The van der Waals surface area contributed by atoms with Crippen LogP contribution in [0.2, 0.25) is 0 Å². The Hall–Kier alpha value is -1.83. The number of rotatable bonds is 6. The summed E-state index contributed by atoms with van der Waals surface area (Å²) < 4.78 is 5.35. The minimum Gasteiger partial charge on any atom is -0.496 e. The molecule has 1 atom stereocenters. The van der Waals surface area contributed by atoms with Crippen LogP contribution in [0.25, 0.3) is 0 Å². The molecule has 3 nitrogen and oxygen atoms in total. The van der Waals surface area contributed by atoms with Gasteiger partial charge in [0.25, 0.3) is 0 Å². The highest BCUT2D eigenvalue weighted by Crippen LogP contribution is 2.24. The molecule has 4 heteroatoms. The molecule has 0 aliphatic heterocycles. The van der Waals surface area contributed by atoms with Crippen LogP contribution >= 0.6 is 11.3 Å². The molecule has 1 aromatic carbocycles. The van der Waals surface area contributed by atoms with Crippen LogP contribution in [0.1, 0.15) is 35.4 Å². The van der Waals surface area contributed by atoms with Crippen molar-refractivity contribution in [1.29, 1.82) is 5.26 Å². The average Bonchev–Trinajstić information content (AvgIpc) is 3.02. The minimum absolute atomic E-state index is 0.338. The van der Waals surface area contributed by atoms with Gasteiger partial charge < -0.3 is 10.1 Å². The summed E-state index contributed by atoms with van der Waals surface area (Å²) in [5.41, 5.74) is 1.67. The standard InChI is InChI=1S/C16H18N2OS/c1-3-14(16-5-4-8-20-16)18-11-13-9-12(10-17)6-7-15(13)19-2/h4-9,14,18H,3,11H2,1-2H3. The fraction of sp³-hybridized carbons (Fsp3) is 0.312. The fourth-order valence-electron chi connectivity index (χ4n) is 2.16. The summed E-state index contributed by atoms with van der Waals surface area (Å²) in [6, 6.07) is 12.2. The van der Waals surface area contributed by atoms with Crippen molar-refractivity contribution in [3.05, 3.63) is 51.7 Å². The van der Waals surface area contributed by atoms with E-state index < -0.39 is 0 Å². The zero-order valence-corrected chi connectivity index (χ0v) is 12.5. The molecular formula is C16H18N2OS. The van der Waals surface area contributed by atoms with E-state index in [2.05, 4.69) is 35.8 Å². The third-order valence-corrected chi connectivity index (χ3v) is 4.23. The summed E-state index contributed by atoms with van der Waals surface area (Å²) in [4.78, 5) is 1.34. The normalized spacial score (nSPS) is 11.8. The summed E-state index contributed by atoms with van der Waals surface area (Å²) in [5.74, 6) is 0.817. The van der Waals surface area contributed by atoms with Crippen molar-refractivity contribution in [2.24, 2.45) is 0 Å². The Morgan fingerprint density at radius 1 is 1.40 bits per heavy atom. The van der Waals surface area contributed by atoms with Crippen molar-refractivity contribution in [1.82, 2.24) is 5.32 Å². The van der Waals surface area contributed by atoms with Crippen molar-refractivity contribution >= 4 is 11.3 Å². The van der Waals surface area contributed by atoms with Gasteiger partial charge in [-0.15, -0.1) is 11.3 Å². The molecule has 0 bridgehead atoms. The molecule has 0 amide bonds. The molecule has 0 aliphatic rings. The molecule has 2 rings (SSSR count). The maximum atomic E-state index is 8.99. The number of thiophene rings is 1. The van der Waals surface area contributed by atoms with Gasteiger partial charge in [-0.25, -0.2) is 0 Å². The molecule has 0 radical (unpaired) electrons. The highest BCUT2D eigenvalue weighted by Gasteiger charge is 2.11. The van der Waals surface area contributed by atoms with Gasteiger partial charge in [0.15, 0.2) is 0 Å². The van der Waals surface area contributed by atoms with Crippen molar-refractivity contribution in [2.75, 3.05) is 7.11 Å². The van der Waals surface area contributed by atoms with Gasteiger partial charge in [0.05, 0.1) is 18.7 Å². The van der Waals surface area contributed by atoms with Gasteiger partial charge in [-0.3, -0.25) is 0 Å². The van der Waals surface area contributed by atoms with Crippen molar-refractivity contribution < 1.29 is 4.74 Å². The van der Waals surface area contributed by atoms with Gasteiger partial charge in [0.2, 0.25) is 0 Å². The number of methoxy groups -OCH3 is 1. The molecule has 0 spiro atoms. The summed E-state index contributed by atoms with van der Waals surface area (Å²) in [6.07, 6.45) is 1.03. The van der Waals surface area contributed by atoms with Crippen LogP contribution < -0.4 is 10.1 Å². The molecule has 104 valence electrons. The number of benzene rings is 1. The van der Waals surface area contributed by atoms with Crippen LogP contribution in [0.4, 0.5) is 0 Å². The van der Waals surface area contributed by atoms with E-state index in [0.717, 1.165) is 17.7 Å². The first kappa shape index (κ1) is 14.6. The Morgan fingerprint density at radius 3 is 2.85 bits per heavy atom. The SMILES string of the molecule is CCC(NCc1cc(C#N)ccc1OC)c1cccs1. The first-order chi connectivity index (χ1) is 9.78. The predicted octanol–water partition coefficient (Wildman–Crippen LogP) is 3.87. The van der Waals surface area contributed by atoms with E-state index in [-0.39, 0.29) is 0 Å². The second kappa shape index (κ2) is 7.09. The monoisotopic (exact) mass is 286 g/mol. The smallest absolute Gasteiger partial charge is 0.123 e. The Kier molecular flexibility index (Phi) is 5.16. The second-order valence-corrected chi connectivity index (χ2v) is 5.47. The first-order valence-electron chi connectivity index (χ1n) is 6.62. The second-order valence-electron chi connectivity index (χ2n) is 4.50. The maximum absolute atomic E-state index is 8.99. The lowest BCUT2D eigenvalue weighted by Crippen LogP contribution is -2.19. The van der Waals surface area contributed by atoms with Gasteiger partial charge in [-0.05, 0) is 36.1 Å². The van der Waals surface area contributed by atoms with Crippen molar-refractivity contribution in [3.63, 3.8) is 0 Å².